The first-order chi connectivity index (χ1) is 12.3. The lowest BCUT2D eigenvalue weighted by molar-refractivity contribution is 0.177. The first-order valence-corrected chi connectivity index (χ1v) is 9.35. The summed E-state index contributed by atoms with van der Waals surface area (Å²) in [5.41, 5.74) is 1.12. The number of hydrogen-bond acceptors (Lipinski definition) is 2. The second kappa shape index (κ2) is 8.70. The van der Waals surface area contributed by atoms with Crippen LogP contribution in [0, 0.1) is 0 Å². The highest BCUT2D eigenvalue weighted by atomic mass is 16.2. The quantitative estimate of drug-likeness (QED) is 0.870. The fourth-order valence-electron chi connectivity index (χ4n) is 3.46. The van der Waals surface area contributed by atoms with Gasteiger partial charge in [-0.3, -0.25) is 0 Å². The number of nitrogens with zero attached hydrogens (tertiary/aromatic N) is 3. The third-order valence-corrected chi connectivity index (χ3v) is 4.86. The van der Waals surface area contributed by atoms with E-state index in [0.29, 0.717) is 12.5 Å². The van der Waals surface area contributed by atoms with E-state index in [9.17, 15) is 4.79 Å². The fourth-order valence-corrected chi connectivity index (χ4v) is 3.46. The summed E-state index contributed by atoms with van der Waals surface area (Å²) < 4.78 is 2.26. The standard InChI is InChI=1S/C20H28N4O/c1-2-3-12-23-14-11-21-19(23)18-10-7-13-24(16-18)20(25)22-15-17-8-5-4-6-9-17/h4-6,8-9,11,14,18H,2-3,7,10,12-13,15-16H2,1H3,(H,22,25)/t18-/m1/s1. The maximum Gasteiger partial charge on any atom is 0.317 e. The molecule has 0 radical (unpaired) electrons. The lowest BCUT2D eigenvalue weighted by atomic mass is 9.97. The molecule has 0 unspecified atom stereocenters. The molecule has 0 aliphatic carbocycles. The summed E-state index contributed by atoms with van der Waals surface area (Å²) in [5.74, 6) is 1.47. The average Bonchev–Trinajstić information content (AvgIpc) is 3.14. The van der Waals surface area contributed by atoms with E-state index in [2.05, 4.69) is 28.0 Å². The van der Waals surface area contributed by atoms with Crippen molar-refractivity contribution in [3.05, 3.63) is 54.1 Å². The van der Waals surface area contributed by atoms with Gasteiger partial charge in [-0.1, -0.05) is 43.7 Å². The van der Waals surface area contributed by atoms with E-state index in [1.807, 2.05) is 41.4 Å². The van der Waals surface area contributed by atoms with Gasteiger partial charge in [0.15, 0.2) is 0 Å². The van der Waals surface area contributed by atoms with Crippen LogP contribution in [0.25, 0.3) is 0 Å². The molecule has 25 heavy (non-hydrogen) atoms. The number of likely N-dealkylation sites (tertiary alicyclic amines) is 1. The molecule has 1 saturated heterocycles. The molecule has 1 atom stereocenters. The average molecular weight is 340 g/mol. The highest BCUT2D eigenvalue weighted by Crippen LogP contribution is 2.26. The van der Waals surface area contributed by atoms with Gasteiger partial charge in [-0.05, 0) is 24.8 Å². The minimum absolute atomic E-state index is 0.0280. The number of aromatic nitrogens is 2. The Labute approximate surface area is 150 Å². The van der Waals surface area contributed by atoms with Crippen molar-refractivity contribution >= 4 is 6.03 Å². The van der Waals surface area contributed by atoms with Crippen LogP contribution in [-0.4, -0.2) is 33.6 Å². The van der Waals surface area contributed by atoms with Crippen molar-refractivity contribution in [3.8, 4) is 0 Å². The number of urea groups is 1. The molecule has 1 N–H and O–H groups in total. The SMILES string of the molecule is CCCCn1ccnc1[C@@H]1CCCN(C(=O)NCc2ccccc2)C1. The van der Waals surface area contributed by atoms with Crippen LogP contribution >= 0.6 is 0 Å². The van der Waals surface area contributed by atoms with E-state index in [1.165, 1.54) is 6.42 Å². The lowest BCUT2D eigenvalue weighted by Gasteiger charge is -2.32. The molecule has 2 aromatic rings. The molecule has 1 aromatic carbocycles. The summed E-state index contributed by atoms with van der Waals surface area (Å²) in [7, 11) is 0. The number of imidazole rings is 1. The van der Waals surface area contributed by atoms with E-state index >= 15 is 0 Å². The third-order valence-electron chi connectivity index (χ3n) is 4.86. The van der Waals surface area contributed by atoms with Gasteiger partial charge in [-0.2, -0.15) is 0 Å². The Balaban J connectivity index is 1.57. The fraction of sp³-hybridized carbons (Fsp3) is 0.500. The van der Waals surface area contributed by atoms with E-state index in [4.69, 9.17) is 0 Å². The number of benzene rings is 1. The second-order valence-corrected chi connectivity index (χ2v) is 6.76. The minimum Gasteiger partial charge on any atom is -0.335 e. The first-order valence-electron chi connectivity index (χ1n) is 9.35. The molecule has 0 bridgehead atoms. The van der Waals surface area contributed by atoms with Crippen molar-refractivity contribution in [3.63, 3.8) is 0 Å². The molecule has 5 nitrogen and oxygen atoms in total. The van der Waals surface area contributed by atoms with E-state index in [0.717, 1.165) is 50.3 Å². The summed E-state index contributed by atoms with van der Waals surface area (Å²) in [6, 6.07) is 10.1. The number of hydrogen-bond donors (Lipinski definition) is 1. The van der Waals surface area contributed by atoms with Gasteiger partial charge in [0.2, 0.25) is 0 Å². The third kappa shape index (κ3) is 4.62. The smallest absolute Gasteiger partial charge is 0.317 e. The number of aryl methyl sites for hydroxylation is 1. The Morgan fingerprint density at radius 1 is 1.32 bits per heavy atom. The summed E-state index contributed by atoms with van der Waals surface area (Å²) in [6.45, 7) is 5.38. The summed E-state index contributed by atoms with van der Waals surface area (Å²) in [5, 5.41) is 3.04. The minimum atomic E-state index is 0.0280. The van der Waals surface area contributed by atoms with Crippen LogP contribution in [0.1, 0.15) is 49.9 Å². The van der Waals surface area contributed by atoms with Crippen molar-refractivity contribution in [1.29, 1.82) is 0 Å². The molecule has 1 aliphatic heterocycles. The van der Waals surface area contributed by atoms with Crippen LogP contribution in [0.5, 0.6) is 0 Å². The van der Waals surface area contributed by atoms with Gasteiger partial charge < -0.3 is 14.8 Å². The highest BCUT2D eigenvalue weighted by Gasteiger charge is 2.27. The molecule has 0 saturated carbocycles. The molecule has 2 amide bonds. The molecular formula is C20H28N4O. The van der Waals surface area contributed by atoms with E-state index in [-0.39, 0.29) is 6.03 Å². The van der Waals surface area contributed by atoms with Crippen molar-refractivity contribution in [2.75, 3.05) is 13.1 Å². The Kier molecular flexibility index (Phi) is 6.09. The maximum absolute atomic E-state index is 12.5. The van der Waals surface area contributed by atoms with Crippen LogP contribution in [0.15, 0.2) is 42.7 Å². The molecule has 1 fully saturated rings. The highest BCUT2D eigenvalue weighted by molar-refractivity contribution is 5.74. The Morgan fingerprint density at radius 3 is 2.96 bits per heavy atom. The van der Waals surface area contributed by atoms with Crippen molar-refractivity contribution in [1.82, 2.24) is 19.8 Å². The zero-order valence-electron chi connectivity index (χ0n) is 15.0. The van der Waals surface area contributed by atoms with Gasteiger partial charge in [0.05, 0.1) is 0 Å². The number of amides is 2. The Hall–Kier alpha value is -2.30. The molecule has 1 aliphatic rings. The molecule has 134 valence electrons. The van der Waals surface area contributed by atoms with Crippen molar-refractivity contribution in [2.45, 2.75) is 51.6 Å². The number of rotatable bonds is 6. The number of carbonyl (C=O) groups is 1. The summed E-state index contributed by atoms with van der Waals surface area (Å²) in [6.07, 6.45) is 8.43. The first kappa shape index (κ1) is 17.5. The topological polar surface area (TPSA) is 50.2 Å². The molecule has 2 heterocycles. The van der Waals surface area contributed by atoms with E-state index < -0.39 is 0 Å². The van der Waals surface area contributed by atoms with Crippen LogP contribution in [0.3, 0.4) is 0 Å². The zero-order valence-corrected chi connectivity index (χ0v) is 15.0. The van der Waals surface area contributed by atoms with Gasteiger partial charge >= 0.3 is 6.03 Å². The predicted octanol–water partition coefficient (Wildman–Crippen LogP) is 3.77. The van der Waals surface area contributed by atoms with E-state index in [1.54, 1.807) is 0 Å². The molecule has 5 heteroatoms. The zero-order chi connectivity index (χ0) is 17.5. The second-order valence-electron chi connectivity index (χ2n) is 6.76. The summed E-state index contributed by atoms with van der Waals surface area (Å²) in [4.78, 5) is 19.1. The van der Waals surface area contributed by atoms with Gasteiger partial charge in [-0.25, -0.2) is 9.78 Å². The Morgan fingerprint density at radius 2 is 2.16 bits per heavy atom. The van der Waals surface area contributed by atoms with Gasteiger partial charge in [0.1, 0.15) is 5.82 Å². The largest absolute Gasteiger partial charge is 0.335 e. The molecule has 1 aromatic heterocycles. The van der Waals surface area contributed by atoms with Crippen molar-refractivity contribution in [2.24, 2.45) is 0 Å². The van der Waals surface area contributed by atoms with Crippen LogP contribution in [0.2, 0.25) is 0 Å². The molecule has 0 spiro atoms. The van der Waals surface area contributed by atoms with Crippen LogP contribution in [-0.2, 0) is 13.1 Å². The number of piperidine rings is 1. The van der Waals surface area contributed by atoms with Gasteiger partial charge in [-0.15, -0.1) is 0 Å². The van der Waals surface area contributed by atoms with Crippen molar-refractivity contribution < 1.29 is 4.79 Å². The van der Waals surface area contributed by atoms with Crippen LogP contribution in [0.4, 0.5) is 4.79 Å². The maximum atomic E-state index is 12.5. The molecule has 3 rings (SSSR count). The van der Waals surface area contributed by atoms with Gasteiger partial charge in [0, 0.05) is 44.5 Å². The summed E-state index contributed by atoms with van der Waals surface area (Å²) >= 11 is 0. The number of nitrogens with one attached hydrogen (secondary N) is 1. The normalized spacial score (nSPS) is 17.5. The number of carbonyl (C=O) groups excluding carboxylic acids is 1. The molecular weight excluding hydrogens is 312 g/mol. The van der Waals surface area contributed by atoms with Crippen LogP contribution < -0.4 is 5.32 Å². The predicted molar refractivity (Wildman–Crippen MR) is 99.4 cm³/mol. The van der Waals surface area contributed by atoms with Gasteiger partial charge in [0.25, 0.3) is 0 Å². The lowest BCUT2D eigenvalue weighted by Crippen LogP contribution is -2.45. The monoisotopic (exact) mass is 340 g/mol. The Bertz CT molecular complexity index is 667. The number of unbranched alkanes of at least 4 members (excludes halogenated alkanes) is 1.